The Morgan fingerprint density at radius 3 is 2.53 bits per heavy atom. The van der Waals surface area contributed by atoms with Gasteiger partial charge in [-0.15, -0.1) is 0 Å². The average Bonchev–Trinajstić information content (AvgIpc) is 2.58. The molecule has 90 valence electrons. The van der Waals surface area contributed by atoms with Gasteiger partial charge in [0.25, 0.3) is 14.6 Å². The highest BCUT2D eigenvalue weighted by molar-refractivity contribution is 8.13. The standard InChI is InChI=1S/C10H9ClN2O3S/c1-13-10(14)6-9(12-13)7-3-2-4-8(5-7)17(11,15)16/h2-6,12H,1H3. The van der Waals surface area contributed by atoms with E-state index in [2.05, 4.69) is 5.10 Å². The van der Waals surface area contributed by atoms with Crippen LogP contribution in [0.25, 0.3) is 11.3 Å². The Kier molecular flexibility index (Phi) is 2.84. The maximum absolute atomic E-state index is 11.3. The number of aryl methyl sites for hydroxylation is 1. The quantitative estimate of drug-likeness (QED) is 0.838. The largest absolute Gasteiger partial charge is 0.295 e. The predicted octanol–water partition coefficient (Wildman–Crippen LogP) is 1.31. The number of nitrogens with zero attached hydrogens (tertiary/aromatic N) is 1. The zero-order valence-electron chi connectivity index (χ0n) is 8.84. The fourth-order valence-electron chi connectivity index (χ4n) is 1.45. The molecule has 0 atom stereocenters. The second-order valence-electron chi connectivity index (χ2n) is 3.53. The zero-order valence-corrected chi connectivity index (χ0v) is 10.4. The molecule has 1 aromatic heterocycles. The van der Waals surface area contributed by atoms with Crippen LogP contribution in [0.5, 0.6) is 0 Å². The second kappa shape index (κ2) is 4.05. The van der Waals surface area contributed by atoms with Gasteiger partial charge in [0.05, 0.1) is 10.6 Å². The molecule has 0 aliphatic heterocycles. The summed E-state index contributed by atoms with van der Waals surface area (Å²) in [7, 11) is 3.06. The molecule has 0 amide bonds. The molecule has 5 nitrogen and oxygen atoms in total. The highest BCUT2D eigenvalue weighted by Gasteiger charge is 2.11. The normalized spacial score (nSPS) is 11.6. The van der Waals surface area contributed by atoms with Gasteiger partial charge in [-0.05, 0) is 12.1 Å². The van der Waals surface area contributed by atoms with Gasteiger partial charge in [-0.1, -0.05) is 12.1 Å². The Balaban J connectivity index is 2.58. The molecule has 0 saturated heterocycles. The molecule has 0 bridgehead atoms. The number of hydrogen-bond donors (Lipinski definition) is 1. The second-order valence-corrected chi connectivity index (χ2v) is 6.10. The van der Waals surface area contributed by atoms with Gasteiger partial charge >= 0.3 is 0 Å². The summed E-state index contributed by atoms with van der Waals surface area (Å²) in [5.74, 6) is 0. The van der Waals surface area contributed by atoms with E-state index < -0.39 is 9.05 Å². The molecular weight excluding hydrogens is 264 g/mol. The average molecular weight is 273 g/mol. The molecule has 0 aliphatic carbocycles. The summed E-state index contributed by atoms with van der Waals surface area (Å²) in [5.41, 5.74) is 0.934. The molecule has 1 N–H and O–H groups in total. The Labute approximate surface area is 102 Å². The molecule has 0 saturated carbocycles. The fraction of sp³-hybridized carbons (Fsp3) is 0.100. The van der Waals surface area contributed by atoms with Crippen LogP contribution in [0, 0.1) is 0 Å². The number of benzene rings is 1. The van der Waals surface area contributed by atoms with Crippen molar-refractivity contribution in [3.63, 3.8) is 0 Å². The van der Waals surface area contributed by atoms with Gasteiger partial charge in [0, 0.05) is 29.4 Å². The molecule has 0 fully saturated rings. The molecule has 7 heteroatoms. The minimum Gasteiger partial charge on any atom is -0.295 e. The van der Waals surface area contributed by atoms with E-state index in [4.69, 9.17) is 10.7 Å². The highest BCUT2D eigenvalue weighted by Crippen LogP contribution is 2.21. The van der Waals surface area contributed by atoms with Crippen LogP contribution in [-0.2, 0) is 16.1 Å². The van der Waals surface area contributed by atoms with E-state index in [-0.39, 0.29) is 10.5 Å². The highest BCUT2D eigenvalue weighted by atomic mass is 35.7. The van der Waals surface area contributed by atoms with E-state index in [0.717, 1.165) is 0 Å². The van der Waals surface area contributed by atoms with Crippen LogP contribution in [0.4, 0.5) is 0 Å². The Morgan fingerprint density at radius 2 is 2.00 bits per heavy atom. The summed E-state index contributed by atoms with van der Waals surface area (Å²) in [6.07, 6.45) is 0. The summed E-state index contributed by atoms with van der Waals surface area (Å²) in [5, 5.41) is 2.81. The molecule has 0 aliphatic rings. The summed E-state index contributed by atoms with van der Waals surface area (Å²) >= 11 is 0. The number of hydrogen-bond acceptors (Lipinski definition) is 3. The van der Waals surface area contributed by atoms with Crippen LogP contribution < -0.4 is 5.56 Å². The first-order valence-electron chi connectivity index (χ1n) is 4.69. The molecule has 0 radical (unpaired) electrons. The van der Waals surface area contributed by atoms with Crippen molar-refractivity contribution in [1.82, 2.24) is 9.78 Å². The lowest BCUT2D eigenvalue weighted by molar-refractivity contribution is 0.609. The minimum atomic E-state index is -3.76. The van der Waals surface area contributed by atoms with E-state index >= 15 is 0 Å². The maximum atomic E-state index is 11.3. The van der Waals surface area contributed by atoms with Gasteiger partial charge in [-0.3, -0.25) is 14.6 Å². The van der Waals surface area contributed by atoms with Crippen molar-refractivity contribution in [2.75, 3.05) is 0 Å². The number of aromatic nitrogens is 2. The summed E-state index contributed by atoms with van der Waals surface area (Å²) < 4.78 is 23.7. The van der Waals surface area contributed by atoms with Gasteiger partial charge in [0.15, 0.2) is 0 Å². The minimum absolute atomic E-state index is 0.00127. The summed E-state index contributed by atoms with van der Waals surface area (Å²) in [4.78, 5) is 11.3. The third-order valence-electron chi connectivity index (χ3n) is 2.31. The monoisotopic (exact) mass is 272 g/mol. The van der Waals surface area contributed by atoms with Crippen molar-refractivity contribution in [3.8, 4) is 11.3 Å². The molecule has 17 heavy (non-hydrogen) atoms. The van der Waals surface area contributed by atoms with Crippen molar-refractivity contribution in [1.29, 1.82) is 0 Å². The Morgan fingerprint density at radius 1 is 1.29 bits per heavy atom. The first-order valence-corrected chi connectivity index (χ1v) is 7.00. The zero-order chi connectivity index (χ0) is 12.6. The molecule has 2 aromatic rings. The van der Waals surface area contributed by atoms with E-state index in [1.54, 1.807) is 19.2 Å². The van der Waals surface area contributed by atoms with Gasteiger partial charge in [0.1, 0.15) is 0 Å². The summed E-state index contributed by atoms with van der Waals surface area (Å²) in [6.45, 7) is 0. The number of rotatable bonds is 2. The van der Waals surface area contributed by atoms with Crippen molar-refractivity contribution >= 4 is 19.7 Å². The third-order valence-corrected chi connectivity index (χ3v) is 3.66. The van der Waals surface area contributed by atoms with Gasteiger partial charge < -0.3 is 0 Å². The van der Waals surface area contributed by atoms with E-state index in [1.807, 2.05) is 0 Å². The van der Waals surface area contributed by atoms with Crippen LogP contribution in [0.15, 0.2) is 40.0 Å². The van der Waals surface area contributed by atoms with Crippen molar-refractivity contribution in [2.45, 2.75) is 4.90 Å². The lowest BCUT2D eigenvalue weighted by atomic mass is 10.2. The fourth-order valence-corrected chi connectivity index (χ4v) is 2.25. The Bertz CT molecular complexity index is 715. The molecule has 1 aromatic carbocycles. The number of halogens is 1. The molecule has 2 rings (SSSR count). The van der Waals surface area contributed by atoms with Gasteiger partial charge in [0.2, 0.25) is 0 Å². The van der Waals surface area contributed by atoms with Crippen LogP contribution >= 0.6 is 10.7 Å². The van der Waals surface area contributed by atoms with Crippen LogP contribution in [-0.4, -0.2) is 18.2 Å². The number of aromatic amines is 1. The van der Waals surface area contributed by atoms with Crippen molar-refractivity contribution in [2.24, 2.45) is 7.05 Å². The predicted molar refractivity (Wildman–Crippen MR) is 64.5 cm³/mol. The number of H-pyrrole nitrogens is 1. The molecular formula is C10H9ClN2O3S. The van der Waals surface area contributed by atoms with Crippen molar-refractivity contribution in [3.05, 3.63) is 40.7 Å². The van der Waals surface area contributed by atoms with Crippen LogP contribution in [0.3, 0.4) is 0 Å². The van der Waals surface area contributed by atoms with Crippen LogP contribution in [0.1, 0.15) is 0 Å². The van der Waals surface area contributed by atoms with E-state index in [9.17, 15) is 13.2 Å². The van der Waals surface area contributed by atoms with E-state index in [0.29, 0.717) is 11.3 Å². The lowest BCUT2D eigenvalue weighted by Gasteiger charge is -2.00. The van der Waals surface area contributed by atoms with Crippen LogP contribution in [0.2, 0.25) is 0 Å². The van der Waals surface area contributed by atoms with Crippen molar-refractivity contribution < 1.29 is 8.42 Å². The Hall–Kier alpha value is -1.53. The first kappa shape index (κ1) is 11.9. The molecule has 0 unspecified atom stereocenters. The van der Waals surface area contributed by atoms with Gasteiger partial charge in [-0.2, -0.15) is 0 Å². The summed E-state index contributed by atoms with van der Waals surface area (Å²) in [6, 6.07) is 7.45. The maximum Gasteiger partial charge on any atom is 0.266 e. The molecule has 0 spiro atoms. The molecule has 1 heterocycles. The first-order chi connectivity index (χ1) is 7.88. The SMILES string of the molecule is Cn1[nH]c(-c2cccc(S(=O)(=O)Cl)c2)cc1=O. The lowest BCUT2D eigenvalue weighted by Crippen LogP contribution is -2.09. The van der Waals surface area contributed by atoms with E-state index in [1.165, 1.54) is 22.9 Å². The topological polar surface area (TPSA) is 71.9 Å². The number of nitrogens with one attached hydrogen (secondary N) is 1. The van der Waals surface area contributed by atoms with Gasteiger partial charge in [-0.25, -0.2) is 8.42 Å². The smallest absolute Gasteiger partial charge is 0.266 e. The third kappa shape index (κ3) is 2.42.